The molecule has 1 aromatic carbocycles. The molecule has 36 heavy (non-hydrogen) atoms. The first-order valence-corrected chi connectivity index (χ1v) is 12.9. The van der Waals surface area contributed by atoms with Crippen molar-refractivity contribution < 1.29 is 24.9 Å². The van der Waals surface area contributed by atoms with E-state index in [1.54, 1.807) is 0 Å². The monoisotopic (exact) mass is 492 g/mol. The van der Waals surface area contributed by atoms with Gasteiger partial charge in [0.2, 0.25) is 5.91 Å². The highest BCUT2D eigenvalue weighted by Gasteiger charge is 2.66. The number of nitrogens with one attached hydrogen (secondary N) is 2. The number of ketones is 1. The van der Waals surface area contributed by atoms with Gasteiger partial charge in [0, 0.05) is 41.4 Å². The van der Waals surface area contributed by atoms with Crippen LogP contribution in [0, 0.1) is 23.2 Å². The summed E-state index contributed by atoms with van der Waals surface area (Å²) in [7, 11) is 0. The molecule has 2 heterocycles. The molecule has 0 unspecified atom stereocenters. The molecule has 0 bridgehead atoms. The lowest BCUT2D eigenvalue weighted by atomic mass is 9.54. The molecule has 0 saturated carbocycles. The van der Waals surface area contributed by atoms with Crippen LogP contribution >= 0.6 is 0 Å². The van der Waals surface area contributed by atoms with Crippen molar-refractivity contribution in [3.63, 3.8) is 0 Å². The fourth-order valence-electron chi connectivity index (χ4n) is 6.90. The number of fused-ring (bicyclic) bond motifs is 1. The van der Waals surface area contributed by atoms with Crippen molar-refractivity contribution in [2.24, 2.45) is 23.2 Å². The van der Waals surface area contributed by atoms with E-state index in [9.17, 15) is 24.9 Å². The molecule has 1 aromatic heterocycles. The Labute approximate surface area is 211 Å². The molecule has 5 rings (SSSR count). The summed E-state index contributed by atoms with van der Waals surface area (Å²) in [4.78, 5) is 31.3. The number of aromatic amines is 1. The lowest BCUT2D eigenvalue weighted by Gasteiger charge is -2.46. The average Bonchev–Trinajstić information content (AvgIpc) is 3.38. The first-order chi connectivity index (χ1) is 17.2. The first-order valence-electron chi connectivity index (χ1n) is 12.9. The minimum absolute atomic E-state index is 0.0805. The zero-order valence-corrected chi connectivity index (χ0v) is 21.1. The highest BCUT2D eigenvalue weighted by molar-refractivity contribution is 6.10. The van der Waals surface area contributed by atoms with E-state index < -0.39 is 47.3 Å². The van der Waals surface area contributed by atoms with Gasteiger partial charge < -0.3 is 25.6 Å². The normalized spacial score (nSPS) is 38.3. The van der Waals surface area contributed by atoms with Crippen LogP contribution in [0.5, 0.6) is 0 Å². The van der Waals surface area contributed by atoms with Crippen LogP contribution in [0.25, 0.3) is 10.9 Å². The van der Waals surface area contributed by atoms with Crippen molar-refractivity contribution in [2.45, 2.75) is 70.8 Å². The van der Waals surface area contributed by atoms with Gasteiger partial charge in [-0.15, -0.1) is 0 Å². The van der Waals surface area contributed by atoms with E-state index in [1.165, 1.54) is 0 Å². The van der Waals surface area contributed by atoms with Gasteiger partial charge in [0.15, 0.2) is 5.78 Å². The molecule has 7 nitrogen and oxygen atoms in total. The van der Waals surface area contributed by atoms with Gasteiger partial charge in [0.05, 0.1) is 18.3 Å². The number of aromatic nitrogens is 1. The Morgan fingerprint density at radius 3 is 2.58 bits per heavy atom. The molecule has 5 N–H and O–H groups in total. The van der Waals surface area contributed by atoms with Crippen LogP contribution in [0.3, 0.4) is 0 Å². The molecule has 1 fully saturated rings. The molecule has 1 saturated heterocycles. The van der Waals surface area contributed by atoms with Crippen LogP contribution in [-0.4, -0.2) is 56.3 Å². The van der Waals surface area contributed by atoms with E-state index >= 15 is 0 Å². The number of aliphatic hydroxyl groups excluding tert-OH is 3. The van der Waals surface area contributed by atoms with Crippen LogP contribution in [0.2, 0.25) is 0 Å². The average molecular weight is 493 g/mol. The summed E-state index contributed by atoms with van der Waals surface area (Å²) in [5.74, 6) is -1.98. The Hall–Kier alpha value is -2.74. The number of rotatable bonds is 2. The summed E-state index contributed by atoms with van der Waals surface area (Å²) in [5, 5.41) is 36.9. The van der Waals surface area contributed by atoms with Crippen LogP contribution in [0.1, 0.15) is 45.6 Å². The topological polar surface area (TPSA) is 123 Å². The molecule has 192 valence electrons. The second-order valence-corrected chi connectivity index (χ2v) is 11.1. The standard InChI is InChI=1S/C29H36N2O5/c1-15-7-6-9-20-27(35)17(3)16(2)26-22(12-18-14-30-21-10-5-4-8-19(18)21)31-28(36)29(20,26)25(34)13-24(33)23(32)11-15/h4-6,8-10,14-15,20,22-24,26-27,30,32-33,35H,7,11-13H2,1-3H3,(H,31,36)/b9-6+/t15-,20-,22-,23+,24+,26-,27+,29+/m0/s1. The predicted molar refractivity (Wildman–Crippen MR) is 137 cm³/mol. The number of carbonyl (C=O) groups is 2. The molecule has 1 aliphatic heterocycles. The van der Waals surface area contributed by atoms with Gasteiger partial charge >= 0.3 is 0 Å². The molecule has 2 aliphatic carbocycles. The molecule has 7 heteroatoms. The number of H-pyrrole nitrogens is 1. The van der Waals surface area contributed by atoms with Crippen molar-refractivity contribution in [1.29, 1.82) is 0 Å². The molecule has 0 radical (unpaired) electrons. The Kier molecular flexibility index (Phi) is 6.43. The zero-order chi connectivity index (χ0) is 25.8. The summed E-state index contributed by atoms with van der Waals surface area (Å²) < 4.78 is 0. The fourth-order valence-corrected chi connectivity index (χ4v) is 6.90. The fraction of sp³-hybridized carbons (Fsp3) is 0.517. The van der Waals surface area contributed by atoms with Gasteiger partial charge in [0.25, 0.3) is 0 Å². The van der Waals surface area contributed by atoms with Crippen LogP contribution in [0.4, 0.5) is 0 Å². The minimum Gasteiger partial charge on any atom is -0.390 e. The van der Waals surface area contributed by atoms with Crippen molar-refractivity contribution in [3.05, 3.63) is 59.3 Å². The highest BCUT2D eigenvalue weighted by atomic mass is 16.3. The number of hydrogen-bond acceptors (Lipinski definition) is 5. The first kappa shape index (κ1) is 24.9. The van der Waals surface area contributed by atoms with E-state index in [2.05, 4.69) is 10.3 Å². The number of carbonyl (C=O) groups excluding carboxylic acids is 2. The summed E-state index contributed by atoms with van der Waals surface area (Å²) in [6.07, 6.45) is 3.55. The van der Waals surface area contributed by atoms with Crippen LogP contribution in [-0.2, 0) is 16.0 Å². The van der Waals surface area contributed by atoms with Gasteiger partial charge in [-0.05, 0) is 56.2 Å². The lowest BCUT2D eigenvalue weighted by Crippen LogP contribution is -2.56. The van der Waals surface area contributed by atoms with Crippen molar-refractivity contribution in [3.8, 4) is 0 Å². The summed E-state index contributed by atoms with van der Waals surface area (Å²) in [5.41, 5.74) is 2.12. The number of para-hydroxylation sites is 1. The number of Topliss-reactive ketones (excluding diaryl/α,β-unsaturated/α-hetero) is 1. The van der Waals surface area contributed by atoms with E-state index in [4.69, 9.17) is 0 Å². The maximum Gasteiger partial charge on any atom is 0.235 e. The molecule has 2 aromatic rings. The Morgan fingerprint density at radius 2 is 1.81 bits per heavy atom. The maximum absolute atomic E-state index is 14.1. The Bertz CT molecular complexity index is 1250. The van der Waals surface area contributed by atoms with Crippen LogP contribution < -0.4 is 5.32 Å². The van der Waals surface area contributed by atoms with E-state index in [1.807, 2.05) is 63.4 Å². The van der Waals surface area contributed by atoms with Gasteiger partial charge in [-0.2, -0.15) is 0 Å². The molecular weight excluding hydrogens is 456 g/mol. The lowest BCUT2D eigenvalue weighted by molar-refractivity contribution is -0.150. The van der Waals surface area contributed by atoms with Crippen LogP contribution in [0.15, 0.2) is 53.8 Å². The SMILES string of the molecule is CC1=C(C)[C@H]2[C@H](Cc3c[nH]c4ccccc34)NC(=O)[C@]23C(=O)C[C@@H](O)[C@H](O)C[C@@H](C)C/C=C/[C@H]3[C@@H]1O. The van der Waals surface area contributed by atoms with Crippen molar-refractivity contribution in [1.82, 2.24) is 10.3 Å². The van der Waals surface area contributed by atoms with E-state index in [0.717, 1.165) is 27.6 Å². The van der Waals surface area contributed by atoms with Gasteiger partial charge in [0.1, 0.15) is 5.41 Å². The Balaban J connectivity index is 1.63. The number of amides is 1. The smallest absolute Gasteiger partial charge is 0.235 e. The summed E-state index contributed by atoms with van der Waals surface area (Å²) >= 11 is 0. The summed E-state index contributed by atoms with van der Waals surface area (Å²) in [6.45, 7) is 5.75. The summed E-state index contributed by atoms with van der Waals surface area (Å²) in [6, 6.07) is 7.62. The van der Waals surface area contributed by atoms with Gasteiger partial charge in [-0.3, -0.25) is 9.59 Å². The number of hydrogen-bond donors (Lipinski definition) is 5. The van der Waals surface area contributed by atoms with Gasteiger partial charge in [-0.1, -0.05) is 42.8 Å². The van der Waals surface area contributed by atoms with E-state index in [0.29, 0.717) is 19.3 Å². The van der Waals surface area contributed by atoms with Gasteiger partial charge in [-0.25, -0.2) is 0 Å². The molecule has 8 atom stereocenters. The van der Waals surface area contributed by atoms with Crippen molar-refractivity contribution in [2.75, 3.05) is 0 Å². The third-order valence-corrected chi connectivity index (χ3v) is 8.92. The number of aliphatic hydroxyl groups is 3. The second kappa shape index (κ2) is 9.29. The largest absolute Gasteiger partial charge is 0.390 e. The minimum atomic E-state index is -1.55. The molecule has 1 amide bonds. The van der Waals surface area contributed by atoms with E-state index in [-0.39, 0.29) is 18.4 Å². The third kappa shape index (κ3) is 3.76. The highest BCUT2D eigenvalue weighted by Crippen LogP contribution is 2.55. The predicted octanol–water partition coefficient (Wildman–Crippen LogP) is 2.81. The zero-order valence-electron chi connectivity index (χ0n) is 21.1. The quantitative estimate of drug-likeness (QED) is 0.326. The second-order valence-electron chi connectivity index (χ2n) is 11.1. The maximum atomic E-state index is 14.1. The molecule has 1 spiro atoms. The molecular formula is C29H36N2O5. The Morgan fingerprint density at radius 1 is 1.06 bits per heavy atom. The molecule has 3 aliphatic rings. The number of benzene rings is 1. The number of allylic oxidation sites excluding steroid dienone is 1. The third-order valence-electron chi connectivity index (χ3n) is 8.92. The van der Waals surface area contributed by atoms with Crippen molar-refractivity contribution >= 4 is 22.6 Å².